The zero-order valence-corrected chi connectivity index (χ0v) is 46.6. The van der Waals surface area contributed by atoms with Gasteiger partial charge >= 0.3 is 0 Å². The van der Waals surface area contributed by atoms with Gasteiger partial charge in [0.2, 0.25) is 59.1 Å². The van der Waals surface area contributed by atoms with E-state index in [9.17, 15) is 53.1 Å². The minimum atomic E-state index is -1.65. The number of aliphatic hydroxyl groups is 1. The lowest BCUT2D eigenvalue weighted by Gasteiger charge is -2.28. The van der Waals surface area contributed by atoms with Gasteiger partial charge in [-0.1, -0.05) is 62.4 Å². The Morgan fingerprint density at radius 1 is 0.610 bits per heavy atom. The number of hydrogen-bond donors (Lipinski definition) is 16. The first kappa shape index (κ1) is 65.6. The lowest BCUT2D eigenvalue weighted by Crippen LogP contribution is -2.61. The molecule has 0 unspecified atom stereocenters. The van der Waals surface area contributed by atoms with Crippen LogP contribution in [0.4, 0.5) is 0 Å². The van der Waals surface area contributed by atoms with Gasteiger partial charge in [-0.05, 0) is 75.1 Å². The number of amides is 10. The molecule has 0 aliphatic heterocycles. The summed E-state index contributed by atoms with van der Waals surface area (Å²) >= 11 is 0. The van der Waals surface area contributed by atoms with E-state index in [1.54, 1.807) is 42.6 Å². The average Bonchev–Trinajstić information content (AvgIpc) is 4.12. The van der Waals surface area contributed by atoms with E-state index in [-0.39, 0.29) is 69.9 Å². The van der Waals surface area contributed by atoms with Gasteiger partial charge in [-0.2, -0.15) is 0 Å². The summed E-state index contributed by atoms with van der Waals surface area (Å²) in [5, 5.41) is 34.1. The van der Waals surface area contributed by atoms with Gasteiger partial charge in [-0.15, -0.1) is 0 Å². The highest BCUT2D eigenvalue weighted by atomic mass is 16.3. The number of aliphatic hydroxyl groups excluding tert-OH is 1. The molecule has 0 fully saturated rings. The van der Waals surface area contributed by atoms with E-state index < -0.39 is 121 Å². The molecule has 28 nitrogen and oxygen atoms in total. The maximum atomic E-state index is 14.9. The lowest BCUT2D eigenvalue weighted by atomic mass is 10.00. The summed E-state index contributed by atoms with van der Waals surface area (Å²) in [5.74, 6) is -8.22. The van der Waals surface area contributed by atoms with Gasteiger partial charge in [0.05, 0.1) is 19.5 Å². The first-order chi connectivity index (χ1) is 39.1. The number of H-pyrrole nitrogens is 2. The molecule has 82 heavy (non-hydrogen) atoms. The molecule has 20 N–H and O–H groups in total. The minimum Gasteiger partial charge on any atom is -0.394 e. The monoisotopic (exact) mass is 1140 g/mol. The highest BCUT2D eigenvalue weighted by Crippen LogP contribution is 2.20. The molecule has 0 saturated heterocycles. The Kier molecular flexibility index (Phi) is 26.9. The number of guanidine groups is 1. The first-order valence-electron chi connectivity index (χ1n) is 27.0. The number of aliphatic imine (C=N–C) groups is 1. The quantitative estimate of drug-likeness (QED) is 0.0122. The zero-order valence-electron chi connectivity index (χ0n) is 46.6. The van der Waals surface area contributed by atoms with Gasteiger partial charge in [0.25, 0.3) is 0 Å². The largest absolute Gasteiger partial charge is 0.394 e. The maximum Gasteiger partial charge on any atom is 0.245 e. The second kappa shape index (κ2) is 33.6. The van der Waals surface area contributed by atoms with Gasteiger partial charge in [0.1, 0.15) is 48.3 Å². The van der Waals surface area contributed by atoms with Gasteiger partial charge < -0.3 is 85.9 Å². The fourth-order valence-electron chi connectivity index (χ4n) is 8.55. The van der Waals surface area contributed by atoms with Crippen molar-refractivity contribution in [2.24, 2.45) is 33.8 Å². The van der Waals surface area contributed by atoms with Crippen molar-refractivity contribution in [2.45, 2.75) is 134 Å². The molecular formula is C54H79N17O11. The Labute approximate surface area is 474 Å². The molecular weight excluding hydrogens is 1060 g/mol. The van der Waals surface area contributed by atoms with Crippen LogP contribution in [-0.2, 0) is 67.2 Å². The Hall–Kier alpha value is -8.92. The van der Waals surface area contributed by atoms with Crippen LogP contribution >= 0.6 is 0 Å². The summed E-state index contributed by atoms with van der Waals surface area (Å²) in [4.78, 5) is 149. The fourth-order valence-corrected chi connectivity index (χ4v) is 8.55. The van der Waals surface area contributed by atoms with E-state index in [0.717, 1.165) is 5.52 Å². The third-order valence-electron chi connectivity index (χ3n) is 12.9. The van der Waals surface area contributed by atoms with Crippen LogP contribution in [0.1, 0.15) is 83.0 Å². The molecule has 0 bridgehead atoms. The van der Waals surface area contributed by atoms with Crippen LogP contribution in [0.25, 0.3) is 10.9 Å². The predicted molar refractivity (Wildman–Crippen MR) is 303 cm³/mol. The summed E-state index contributed by atoms with van der Waals surface area (Å²) in [6.07, 6.45) is 5.07. The van der Waals surface area contributed by atoms with Crippen molar-refractivity contribution in [3.8, 4) is 0 Å². The molecule has 28 heteroatoms. The van der Waals surface area contributed by atoms with Gasteiger partial charge in [-0.3, -0.25) is 52.9 Å². The second-order valence-electron chi connectivity index (χ2n) is 20.1. The number of fused-ring (bicyclic) bond motifs is 1. The molecule has 0 aliphatic carbocycles. The molecule has 0 aliphatic rings. The summed E-state index contributed by atoms with van der Waals surface area (Å²) in [7, 11) is 0. The number of imidazole rings is 1. The number of carbonyl (C=O) groups excluding carboxylic acids is 10. The number of rotatable bonds is 35. The third kappa shape index (κ3) is 22.3. The number of nitrogens with one attached hydrogen (secondary N) is 11. The highest BCUT2D eigenvalue weighted by Gasteiger charge is 2.35. The second-order valence-corrected chi connectivity index (χ2v) is 20.1. The van der Waals surface area contributed by atoms with E-state index in [1.165, 1.54) is 26.4 Å². The fraction of sp³-hybridized carbons (Fsp3) is 0.481. The van der Waals surface area contributed by atoms with Crippen molar-refractivity contribution in [2.75, 3.05) is 26.2 Å². The van der Waals surface area contributed by atoms with E-state index in [4.69, 9.17) is 22.9 Å². The number of para-hydroxylation sites is 1. The average molecular weight is 1140 g/mol. The Bertz CT molecular complexity index is 2800. The normalized spacial score (nSPS) is 14.0. The molecule has 0 saturated carbocycles. The van der Waals surface area contributed by atoms with Crippen LogP contribution in [0.3, 0.4) is 0 Å². The third-order valence-corrected chi connectivity index (χ3v) is 12.9. The Balaban J connectivity index is 1.67. The molecule has 8 atom stereocenters. The first-order valence-corrected chi connectivity index (χ1v) is 27.0. The number of hydrogen-bond acceptors (Lipinski definition) is 14. The molecule has 0 spiro atoms. The number of aromatic amines is 2. The van der Waals surface area contributed by atoms with Crippen molar-refractivity contribution >= 4 is 75.9 Å². The van der Waals surface area contributed by atoms with Crippen LogP contribution in [0.2, 0.25) is 0 Å². The number of nitrogens with zero attached hydrogens (tertiary/aromatic N) is 2. The van der Waals surface area contributed by atoms with Crippen LogP contribution in [0, 0.1) is 5.92 Å². The smallest absolute Gasteiger partial charge is 0.245 e. The van der Waals surface area contributed by atoms with Gasteiger partial charge in [0, 0.05) is 61.7 Å². The molecule has 0 radical (unpaired) electrons. The van der Waals surface area contributed by atoms with Crippen molar-refractivity contribution in [1.82, 2.24) is 62.8 Å². The highest BCUT2D eigenvalue weighted by molar-refractivity contribution is 5.99. The number of unbranched alkanes of at least 4 members (excludes halogenated alkanes) is 1. The topological polar surface area (TPSA) is 460 Å². The molecule has 10 amide bonds. The standard InChI is InChI=1S/C54H79N17O11/c1-30(2)21-40(46(56)75)67-50(79)41(22-33-13-6-5-7-14-33)68-48(77)38(17-10-11-19-55)65-51(80)42(23-34-25-62-37-16-9-8-15-36(34)37)69-52(81)43(24-35-26-59-29-63-35)70-49(78)39(18-12-20-60-54(57)58)66-53(82)44(28-72)71-47(76)31(3)64-45(74)27-61-32(4)73/h5-9,13-16,25-26,29-31,38-44,62,72H,10-12,17-24,27-28,55H2,1-4H3,(H2,56,75)(H,59,63)(H,61,73)(H,64,74)(H,65,80)(H,66,82)(H,67,79)(H,68,77)(H,69,81)(H,70,78)(H,71,76)(H4,57,58,60)/t31-,38-,39-,40-,41-,42-,43-,44-/m0/s1. The van der Waals surface area contributed by atoms with E-state index in [1.807, 2.05) is 32.0 Å². The van der Waals surface area contributed by atoms with Crippen molar-refractivity contribution < 1.29 is 53.1 Å². The molecule has 4 aromatic rings. The van der Waals surface area contributed by atoms with Crippen LogP contribution < -0.4 is 70.8 Å². The number of carbonyl (C=O) groups is 10. The van der Waals surface area contributed by atoms with Crippen molar-refractivity contribution in [3.63, 3.8) is 0 Å². The Morgan fingerprint density at radius 2 is 1.15 bits per heavy atom. The van der Waals surface area contributed by atoms with E-state index >= 15 is 0 Å². The summed E-state index contributed by atoms with van der Waals surface area (Å²) in [6.45, 7) is 5.10. The molecule has 2 aromatic carbocycles. The van der Waals surface area contributed by atoms with E-state index in [2.05, 4.69) is 67.8 Å². The van der Waals surface area contributed by atoms with Gasteiger partial charge in [0.15, 0.2) is 5.96 Å². The Morgan fingerprint density at radius 3 is 1.71 bits per heavy atom. The molecule has 2 aromatic heterocycles. The zero-order chi connectivity index (χ0) is 60.3. The van der Waals surface area contributed by atoms with Crippen LogP contribution in [0.5, 0.6) is 0 Å². The number of benzene rings is 2. The minimum absolute atomic E-state index is 0.000308. The number of aromatic nitrogens is 3. The molecule has 446 valence electrons. The SMILES string of the molecule is CC(=O)NCC(=O)N[C@@H](C)C(=O)N[C@@H](CO)C(=O)N[C@@H](CCCN=C(N)N)C(=O)N[C@@H](Cc1cnc[nH]1)C(=O)N[C@@H](Cc1c[nH]c2ccccc12)C(=O)N[C@@H](CCCCN)C(=O)N[C@@H](Cc1ccccc1)C(=O)N[C@@H](CC(C)C)C(N)=O. The maximum absolute atomic E-state index is 14.9. The van der Waals surface area contributed by atoms with Crippen LogP contribution in [0.15, 0.2) is 78.3 Å². The van der Waals surface area contributed by atoms with Crippen LogP contribution in [-0.4, -0.2) is 160 Å². The summed E-state index contributed by atoms with van der Waals surface area (Å²) in [5.41, 5.74) is 24.9. The predicted octanol–water partition coefficient (Wildman–Crippen LogP) is -3.34. The number of primary amides is 1. The van der Waals surface area contributed by atoms with Crippen molar-refractivity contribution in [3.05, 3.63) is 90.1 Å². The molecule has 4 rings (SSSR count). The summed E-state index contributed by atoms with van der Waals surface area (Å²) < 4.78 is 0. The van der Waals surface area contributed by atoms with Crippen molar-refractivity contribution in [1.29, 1.82) is 0 Å². The van der Waals surface area contributed by atoms with Gasteiger partial charge in [-0.25, -0.2) is 4.98 Å². The summed E-state index contributed by atoms with van der Waals surface area (Å²) in [6, 6.07) is 5.17. The molecule has 2 heterocycles. The number of nitrogens with two attached hydrogens (primary N) is 4. The van der Waals surface area contributed by atoms with E-state index in [0.29, 0.717) is 35.0 Å². The lowest BCUT2D eigenvalue weighted by molar-refractivity contribution is -0.136.